The summed E-state index contributed by atoms with van der Waals surface area (Å²) in [5.41, 5.74) is 2.82. The van der Waals surface area contributed by atoms with Crippen molar-refractivity contribution < 1.29 is 9.59 Å². The van der Waals surface area contributed by atoms with Crippen molar-refractivity contribution in [3.63, 3.8) is 0 Å². The second kappa shape index (κ2) is 13.1. The molecule has 0 aliphatic rings. The Morgan fingerprint density at radius 1 is 0.917 bits per heavy atom. The minimum atomic E-state index is -0.618. The monoisotopic (exact) mass is 566 g/mol. The van der Waals surface area contributed by atoms with Gasteiger partial charge in [-0.2, -0.15) is 0 Å². The molecule has 0 spiro atoms. The summed E-state index contributed by atoms with van der Waals surface area (Å²) in [5.74, 6) is 0.489. The van der Waals surface area contributed by atoms with Gasteiger partial charge in [0, 0.05) is 40.0 Å². The number of halogens is 1. The van der Waals surface area contributed by atoms with Crippen LogP contribution in [0, 0.1) is 6.92 Å². The predicted octanol–water partition coefficient (Wildman–Crippen LogP) is 6.79. The third-order valence-electron chi connectivity index (χ3n) is 5.64. The van der Waals surface area contributed by atoms with E-state index >= 15 is 0 Å². The van der Waals surface area contributed by atoms with E-state index in [1.807, 2.05) is 75.4 Å². The lowest BCUT2D eigenvalue weighted by molar-refractivity contribution is -0.141. The van der Waals surface area contributed by atoms with E-state index in [0.717, 1.165) is 20.5 Å². The van der Waals surface area contributed by atoms with E-state index in [0.29, 0.717) is 25.1 Å². The van der Waals surface area contributed by atoms with Crippen molar-refractivity contribution >= 4 is 39.5 Å². The fraction of sp³-hybridized carbons (Fsp3) is 0.333. The van der Waals surface area contributed by atoms with E-state index in [1.165, 1.54) is 5.56 Å². The van der Waals surface area contributed by atoms with Gasteiger partial charge in [-0.25, -0.2) is 0 Å². The SMILES string of the molecule is Cc1ccc(SCCC(=O)N(Cc2ccc(Br)cc2)[C@H](Cc2ccccc2)C(=O)NC(C)(C)C)cc1. The number of carbonyl (C=O) groups excluding carboxylic acids is 2. The molecule has 3 aromatic rings. The summed E-state index contributed by atoms with van der Waals surface area (Å²) in [7, 11) is 0. The van der Waals surface area contributed by atoms with Crippen LogP contribution in [-0.4, -0.2) is 34.0 Å². The van der Waals surface area contributed by atoms with Gasteiger partial charge >= 0.3 is 0 Å². The van der Waals surface area contributed by atoms with Crippen molar-refractivity contribution in [1.82, 2.24) is 10.2 Å². The molecule has 0 aromatic heterocycles. The van der Waals surface area contributed by atoms with Gasteiger partial charge in [0.1, 0.15) is 6.04 Å². The van der Waals surface area contributed by atoms with Crippen molar-refractivity contribution in [3.05, 3.63) is 100 Å². The van der Waals surface area contributed by atoms with E-state index in [2.05, 4.69) is 52.4 Å². The highest BCUT2D eigenvalue weighted by atomic mass is 79.9. The predicted molar refractivity (Wildman–Crippen MR) is 153 cm³/mol. The highest BCUT2D eigenvalue weighted by Gasteiger charge is 2.32. The van der Waals surface area contributed by atoms with E-state index in [4.69, 9.17) is 0 Å². The van der Waals surface area contributed by atoms with Crippen molar-refractivity contribution in [2.75, 3.05) is 5.75 Å². The molecule has 4 nitrogen and oxygen atoms in total. The Balaban J connectivity index is 1.85. The van der Waals surface area contributed by atoms with Crippen LogP contribution < -0.4 is 5.32 Å². The molecule has 1 atom stereocenters. The Labute approximate surface area is 228 Å². The van der Waals surface area contributed by atoms with Gasteiger partial charge in [-0.05, 0) is 63.1 Å². The Morgan fingerprint density at radius 2 is 1.56 bits per heavy atom. The van der Waals surface area contributed by atoms with Gasteiger partial charge in [-0.15, -0.1) is 11.8 Å². The lowest BCUT2D eigenvalue weighted by Gasteiger charge is -2.34. The molecule has 0 saturated heterocycles. The fourth-order valence-electron chi connectivity index (χ4n) is 3.83. The first-order valence-corrected chi connectivity index (χ1v) is 14.0. The van der Waals surface area contributed by atoms with E-state index < -0.39 is 11.6 Å². The molecule has 6 heteroatoms. The Hall–Kier alpha value is -2.57. The smallest absolute Gasteiger partial charge is 0.243 e. The van der Waals surface area contributed by atoms with E-state index in [-0.39, 0.29) is 11.8 Å². The average molecular weight is 568 g/mol. The number of rotatable bonds is 10. The number of thioether (sulfide) groups is 1. The van der Waals surface area contributed by atoms with Gasteiger partial charge in [0.05, 0.1) is 0 Å². The quantitative estimate of drug-likeness (QED) is 0.275. The molecule has 1 N–H and O–H groups in total. The van der Waals surface area contributed by atoms with Crippen LogP contribution in [0.25, 0.3) is 0 Å². The first-order valence-electron chi connectivity index (χ1n) is 12.2. The summed E-state index contributed by atoms with van der Waals surface area (Å²) in [6.45, 7) is 8.32. The number of carbonyl (C=O) groups is 2. The molecule has 0 heterocycles. The number of benzene rings is 3. The number of nitrogens with one attached hydrogen (secondary N) is 1. The summed E-state index contributed by atoms with van der Waals surface area (Å²) in [6.07, 6.45) is 0.805. The molecule has 0 saturated carbocycles. The molecule has 0 aliphatic heterocycles. The zero-order valence-electron chi connectivity index (χ0n) is 21.5. The third-order valence-corrected chi connectivity index (χ3v) is 7.18. The summed E-state index contributed by atoms with van der Waals surface area (Å²) in [5, 5.41) is 3.11. The number of aryl methyl sites for hydroxylation is 1. The van der Waals surface area contributed by atoms with Crippen LogP contribution in [0.1, 0.15) is 43.9 Å². The van der Waals surface area contributed by atoms with Gasteiger partial charge in [0.25, 0.3) is 0 Å². The van der Waals surface area contributed by atoms with Gasteiger partial charge in [0.2, 0.25) is 11.8 Å². The number of amides is 2. The highest BCUT2D eigenvalue weighted by Crippen LogP contribution is 2.22. The van der Waals surface area contributed by atoms with Crippen LogP contribution >= 0.6 is 27.7 Å². The van der Waals surface area contributed by atoms with Crippen LogP contribution in [0.5, 0.6) is 0 Å². The molecular formula is C30H35BrN2O2S. The second-order valence-corrected chi connectivity index (χ2v) is 12.1. The molecule has 36 heavy (non-hydrogen) atoms. The molecule has 0 radical (unpaired) electrons. The van der Waals surface area contributed by atoms with Crippen molar-refractivity contribution in [1.29, 1.82) is 0 Å². The van der Waals surface area contributed by atoms with Crippen LogP contribution in [0.2, 0.25) is 0 Å². The van der Waals surface area contributed by atoms with E-state index in [1.54, 1.807) is 16.7 Å². The van der Waals surface area contributed by atoms with Gasteiger partial charge in [-0.3, -0.25) is 9.59 Å². The second-order valence-electron chi connectivity index (χ2n) is 10.0. The first-order chi connectivity index (χ1) is 17.1. The molecule has 190 valence electrons. The summed E-state index contributed by atoms with van der Waals surface area (Å²) in [4.78, 5) is 30.1. The number of nitrogens with zero attached hydrogens (tertiary/aromatic N) is 1. The lowest BCUT2D eigenvalue weighted by Crippen LogP contribution is -2.54. The third kappa shape index (κ3) is 9.14. The normalized spacial score (nSPS) is 12.1. The highest BCUT2D eigenvalue weighted by molar-refractivity contribution is 9.10. The Morgan fingerprint density at radius 3 is 2.17 bits per heavy atom. The molecule has 0 aliphatic carbocycles. The standard InChI is InChI=1S/C30H35BrN2O2S/c1-22-10-16-26(17-11-22)36-19-18-28(34)33(21-24-12-14-25(31)15-13-24)27(29(35)32-30(2,3)4)20-23-8-6-5-7-9-23/h5-17,27H,18-21H2,1-4H3,(H,32,35)/t27-/m1/s1. The number of hydrogen-bond donors (Lipinski definition) is 1. The minimum Gasteiger partial charge on any atom is -0.350 e. The van der Waals surface area contributed by atoms with E-state index in [9.17, 15) is 9.59 Å². The van der Waals surface area contributed by atoms with Crippen LogP contribution in [0.3, 0.4) is 0 Å². The molecule has 0 bridgehead atoms. The van der Waals surface area contributed by atoms with Crippen LogP contribution in [0.15, 0.2) is 88.2 Å². The van der Waals surface area contributed by atoms with Gasteiger partial charge in [-0.1, -0.05) is 76.1 Å². The Kier molecular flexibility index (Phi) is 10.2. The topological polar surface area (TPSA) is 49.4 Å². The summed E-state index contributed by atoms with van der Waals surface area (Å²) >= 11 is 5.15. The van der Waals surface area contributed by atoms with Crippen LogP contribution in [0.4, 0.5) is 0 Å². The fourth-order valence-corrected chi connectivity index (χ4v) is 4.93. The minimum absolute atomic E-state index is 0.0254. The van der Waals surface area contributed by atoms with Gasteiger partial charge in [0.15, 0.2) is 0 Å². The largest absolute Gasteiger partial charge is 0.350 e. The molecule has 3 rings (SSSR count). The maximum atomic E-state index is 13.7. The van der Waals surface area contributed by atoms with Crippen molar-refractivity contribution in [2.24, 2.45) is 0 Å². The maximum absolute atomic E-state index is 13.7. The molecule has 0 fully saturated rings. The average Bonchev–Trinajstić information content (AvgIpc) is 2.83. The lowest BCUT2D eigenvalue weighted by atomic mass is 10.0. The molecule has 3 aromatic carbocycles. The molecule has 0 unspecified atom stereocenters. The zero-order valence-corrected chi connectivity index (χ0v) is 23.9. The summed E-state index contributed by atoms with van der Waals surface area (Å²) < 4.78 is 0.977. The Bertz CT molecular complexity index is 1130. The molecule has 2 amide bonds. The summed E-state index contributed by atoms with van der Waals surface area (Å²) in [6, 6.07) is 25.5. The number of hydrogen-bond acceptors (Lipinski definition) is 3. The van der Waals surface area contributed by atoms with Crippen molar-refractivity contribution in [2.45, 2.75) is 63.6 Å². The van der Waals surface area contributed by atoms with Crippen LogP contribution in [-0.2, 0) is 22.6 Å². The molecular weight excluding hydrogens is 532 g/mol. The maximum Gasteiger partial charge on any atom is 0.243 e. The van der Waals surface area contributed by atoms with Gasteiger partial charge < -0.3 is 10.2 Å². The van der Waals surface area contributed by atoms with Crippen molar-refractivity contribution in [3.8, 4) is 0 Å². The zero-order chi connectivity index (χ0) is 26.1. The first kappa shape index (κ1) is 28.0.